The number of nitrogens with one attached hydrogen (secondary N) is 1. The van der Waals surface area contributed by atoms with E-state index in [1.165, 1.54) is 16.5 Å². The lowest BCUT2D eigenvalue weighted by atomic mass is 9.81. The zero-order valence-electron chi connectivity index (χ0n) is 15.1. The maximum absolute atomic E-state index is 13.0. The van der Waals surface area contributed by atoms with Crippen molar-refractivity contribution < 1.29 is 4.79 Å². The first kappa shape index (κ1) is 16.8. The van der Waals surface area contributed by atoms with Gasteiger partial charge in [-0.05, 0) is 47.9 Å². The van der Waals surface area contributed by atoms with Crippen molar-refractivity contribution in [2.45, 2.75) is 51.1 Å². The summed E-state index contributed by atoms with van der Waals surface area (Å²) in [6, 6.07) is 8.44. The molecule has 7 nitrogen and oxygen atoms in total. The summed E-state index contributed by atoms with van der Waals surface area (Å²) in [5, 5.41) is 15.9. The standard InChI is InChI=1S/C19H24N6O/c1-15-6-5-7-17-16(15)8-12-24(17)13-11-20-18(26)19(9-3-2-4-10-19)25-14-21-22-23-25/h5-8,12,14H,2-4,9-11,13H2,1H3,(H,20,26). The molecular formula is C19H24N6O. The average Bonchev–Trinajstić information content (AvgIpc) is 3.33. The second kappa shape index (κ2) is 6.90. The van der Waals surface area contributed by atoms with Gasteiger partial charge in [0.05, 0.1) is 0 Å². The van der Waals surface area contributed by atoms with Crippen LogP contribution >= 0.6 is 0 Å². The third-order valence-electron chi connectivity index (χ3n) is 5.56. The molecule has 1 aromatic carbocycles. The SMILES string of the molecule is Cc1cccc2c1ccn2CCNC(=O)C1(n2cnnn2)CCCCC1. The summed E-state index contributed by atoms with van der Waals surface area (Å²) in [5.74, 6) is 0.0251. The fraction of sp³-hybridized carbons (Fsp3) is 0.474. The number of carbonyl (C=O) groups is 1. The van der Waals surface area contributed by atoms with Crippen LogP contribution in [0.15, 0.2) is 36.8 Å². The van der Waals surface area contributed by atoms with E-state index in [4.69, 9.17) is 0 Å². The van der Waals surface area contributed by atoms with Crippen molar-refractivity contribution >= 4 is 16.8 Å². The molecule has 1 amide bonds. The normalized spacial score (nSPS) is 16.7. The molecular weight excluding hydrogens is 328 g/mol. The van der Waals surface area contributed by atoms with Crippen molar-refractivity contribution in [3.05, 3.63) is 42.4 Å². The minimum Gasteiger partial charge on any atom is -0.352 e. The number of aromatic nitrogens is 5. The van der Waals surface area contributed by atoms with Gasteiger partial charge in [-0.25, -0.2) is 4.68 Å². The molecule has 0 radical (unpaired) electrons. The molecule has 1 N–H and O–H groups in total. The van der Waals surface area contributed by atoms with Crippen LogP contribution in [-0.2, 0) is 16.9 Å². The molecule has 0 spiro atoms. The number of fused-ring (bicyclic) bond motifs is 1. The van der Waals surface area contributed by atoms with Crippen LogP contribution in [-0.4, -0.2) is 37.2 Å². The summed E-state index contributed by atoms with van der Waals surface area (Å²) in [6.07, 6.45) is 8.43. The molecule has 1 aliphatic carbocycles. The summed E-state index contributed by atoms with van der Waals surface area (Å²) >= 11 is 0. The highest BCUT2D eigenvalue weighted by molar-refractivity contribution is 5.85. The number of hydrogen-bond acceptors (Lipinski definition) is 4. The number of benzene rings is 1. The van der Waals surface area contributed by atoms with E-state index in [1.807, 2.05) is 0 Å². The van der Waals surface area contributed by atoms with Gasteiger partial charge in [-0.2, -0.15) is 0 Å². The summed E-state index contributed by atoms with van der Waals surface area (Å²) in [5.41, 5.74) is 1.83. The monoisotopic (exact) mass is 352 g/mol. The molecule has 0 unspecified atom stereocenters. The third-order valence-corrected chi connectivity index (χ3v) is 5.56. The van der Waals surface area contributed by atoms with Crippen molar-refractivity contribution in [3.8, 4) is 0 Å². The van der Waals surface area contributed by atoms with E-state index in [2.05, 4.69) is 62.8 Å². The van der Waals surface area contributed by atoms with E-state index in [0.717, 1.165) is 38.6 Å². The number of nitrogens with zero attached hydrogens (tertiary/aromatic N) is 5. The highest BCUT2D eigenvalue weighted by Gasteiger charge is 2.42. The quantitative estimate of drug-likeness (QED) is 0.765. The Balaban J connectivity index is 1.46. The molecule has 0 aliphatic heterocycles. The lowest BCUT2D eigenvalue weighted by Crippen LogP contribution is -2.51. The molecule has 1 fully saturated rings. The number of amides is 1. The maximum atomic E-state index is 13.0. The Bertz CT molecular complexity index is 892. The van der Waals surface area contributed by atoms with Gasteiger partial charge < -0.3 is 9.88 Å². The summed E-state index contributed by atoms with van der Waals surface area (Å²) in [7, 11) is 0. The van der Waals surface area contributed by atoms with Gasteiger partial charge in [0.25, 0.3) is 0 Å². The number of carbonyl (C=O) groups excluding carboxylic acids is 1. The summed E-state index contributed by atoms with van der Waals surface area (Å²) in [6.45, 7) is 3.44. The van der Waals surface area contributed by atoms with Crippen LogP contribution in [0.25, 0.3) is 10.9 Å². The molecule has 4 rings (SSSR count). The highest BCUT2D eigenvalue weighted by Crippen LogP contribution is 2.34. The first-order chi connectivity index (χ1) is 12.7. The Kier molecular flexibility index (Phi) is 4.44. The molecule has 3 aromatic rings. The molecule has 2 heterocycles. The van der Waals surface area contributed by atoms with Gasteiger partial charge in [0.2, 0.25) is 5.91 Å². The Labute approximate surface area is 152 Å². The lowest BCUT2D eigenvalue weighted by Gasteiger charge is -2.35. The predicted molar refractivity (Wildman–Crippen MR) is 98.6 cm³/mol. The second-order valence-electron chi connectivity index (χ2n) is 7.12. The van der Waals surface area contributed by atoms with Gasteiger partial charge in [-0.3, -0.25) is 4.79 Å². The van der Waals surface area contributed by atoms with Crippen LogP contribution in [0.3, 0.4) is 0 Å². The van der Waals surface area contributed by atoms with Gasteiger partial charge in [-0.15, -0.1) is 5.10 Å². The van der Waals surface area contributed by atoms with E-state index in [9.17, 15) is 4.79 Å². The molecule has 136 valence electrons. The van der Waals surface area contributed by atoms with Crippen molar-refractivity contribution in [2.24, 2.45) is 0 Å². The maximum Gasteiger partial charge on any atom is 0.248 e. The predicted octanol–water partition coefficient (Wildman–Crippen LogP) is 2.41. The van der Waals surface area contributed by atoms with Crippen molar-refractivity contribution in [2.75, 3.05) is 6.54 Å². The molecule has 1 saturated carbocycles. The van der Waals surface area contributed by atoms with Crippen LogP contribution in [0.1, 0.15) is 37.7 Å². The van der Waals surface area contributed by atoms with E-state index in [-0.39, 0.29) is 5.91 Å². The largest absolute Gasteiger partial charge is 0.352 e. The molecule has 0 atom stereocenters. The van der Waals surface area contributed by atoms with E-state index < -0.39 is 5.54 Å². The van der Waals surface area contributed by atoms with E-state index in [1.54, 1.807) is 11.0 Å². The number of tetrazole rings is 1. The molecule has 1 aliphatic rings. The Hall–Kier alpha value is -2.70. The Morgan fingerprint density at radius 3 is 2.85 bits per heavy atom. The van der Waals surface area contributed by atoms with Crippen LogP contribution in [0.4, 0.5) is 0 Å². The van der Waals surface area contributed by atoms with Crippen molar-refractivity contribution in [1.82, 2.24) is 30.1 Å². The van der Waals surface area contributed by atoms with E-state index in [0.29, 0.717) is 6.54 Å². The lowest BCUT2D eigenvalue weighted by molar-refractivity contribution is -0.132. The zero-order valence-corrected chi connectivity index (χ0v) is 15.1. The fourth-order valence-electron chi connectivity index (χ4n) is 4.08. The molecule has 0 saturated heterocycles. The highest BCUT2D eigenvalue weighted by atomic mass is 16.2. The van der Waals surface area contributed by atoms with Gasteiger partial charge in [0.1, 0.15) is 11.9 Å². The first-order valence-electron chi connectivity index (χ1n) is 9.27. The number of hydrogen-bond donors (Lipinski definition) is 1. The Morgan fingerprint density at radius 1 is 1.23 bits per heavy atom. The number of rotatable bonds is 5. The van der Waals surface area contributed by atoms with Crippen LogP contribution in [0.2, 0.25) is 0 Å². The van der Waals surface area contributed by atoms with Gasteiger partial charge in [0, 0.05) is 30.2 Å². The first-order valence-corrected chi connectivity index (χ1v) is 9.27. The summed E-state index contributed by atoms with van der Waals surface area (Å²) in [4.78, 5) is 13.0. The van der Waals surface area contributed by atoms with Crippen LogP contribution in [0.5, 0.6) is 0 Å². The molecule has 2 aromatic heterocycles. The third kappa shape index (κ3) is 2.87. The van der Waals surface area contributed by atoms with Gasteiger partial charge >= 0.3 is 0 Å². The summed E-state index contributed by atoms with van der Waals surface area (Å²) < 4.78 is 3.84. The van der Waals surface area contributed by atoms with Crippen LogP contribution in [0, 0.1) is 6.92 Å². The fourth-order valence-corrected chi connectivity index (χ4v) is 4.08. The topological polar surface area (TPSA) is 77.6 Å². The van der Waals surface area contributed by atoms with Gasteiger partial charge in [0.15, 0.2) is 0 Å². The molecule has 0 bridgehead atoms. The zero-order chi connectivity index (χ0) is 18.0. The molecule has 7 heteroatoms. The minimum atomic E-state index is -0.642. The van der Waals surface area contributed by atoms with Gasteiger partial charge in [-0.1, -0.05) is 31.4 Å². The number of aryl methyl sites for hydroxylation is 1. The van der Waals surface area contributed by atoms with Crippen LogP contribution < -0.4 is 5.32 Å². The Morgan fingerprint density at radius 2 is 2.08 bits per heavy atom. The molecule has 26 heavy (non-hydrogen) atoms. The van der Waals surface area contributed by atoms with Crippen molar-refractivity contribution in [1.29, 1.82) is 0 Å². The second-order valence-corrected chi connectivity index (χ2v) is 7.12. The minimum absolute atomic E-state index is 0.0251. The van der Waals surface area contributed by atoms with Crippen molar-refractivity contribution in [3.63, 3.8) is 0 Å². The average molecular weight is 352 g/mol. The smallest absolute Gasteiger partial charge is 0.248 e. The van der Waals surface area contributed by atoms with E-state index >= 15 is 0 Å².